The summed E-state index contributed by atoms with van der Waals surface area (Å²) in [5.41, 5.74) is 9.57. The summed E-state index contributed by atoms with van der Waals surface area (Å²) in [7, 11) is 0. The summed E-state index contributed by atoms with van der Waals surface area (Å²) in [6.45, 7) is 0.0523. The first kappa shape index (κ1) is 15.4. The number of hydrogen-bond donors (Lipinski definition) is 4. The summed E-state index contributed by atoms with van der Waals surface area (Å²) in [5, 5.41) is 20.6. The Labute approximate surface area is 135 Å². The Balaban J connectivity index is 1.79. The van der Waals surface area contributed by atoms with Crippen molar-refractivity contribution in [3.8, 4) is 0 Å². The van der Waals surface area contributed by atoms with Crippen LogP contribution in [0, 0.1) is 5.41 Å². The van der Waals surface area contributed by atoms with Crippen molar-refractivity contribution < 1.29 is 5.11 Å². The van der Waals surface area contributed by atoms with Crippen LogP contribution < -0.4 is 11.1 Å². The SMILES string of the molecule is N=C(CCCO)c1c(N)ncnc1NC1Cc2ccccc2C1. The molecule has 6 heteroatoms. The lowest BCUT2D eigenvalue weighted by Gasteiger charge is -2.17. The van der Waals surface area contributed by atoms with Gasteiger partial charge in [0.2, 0.25) is 0 Å². The van der Waals surface area contributed by atoms with E-state index in [-0.39, 0.29) is 12.6 Å². The van der Waals surface area contributed by atoms with E-state index < -0.39 is 0 Å². The van der Waals surface area contributed by atoms with E-state index in [1.165, 1.54) is 17.5 Å². The lowest BCUT2D eigenvalue weighted by atomic mass is 10.1. The van der Waals surface area contributed by atoms with Gasteiger partial charge in [0.05, 0.1) is 5.56 Å². The highest BCUT2D eigenvalue weighted by Crippen LogP contribution is 2.26. The molecule has 0 saturated carbocycles. The summed E-state index contributed by atoms with van der Waals surface area (Å²) >= 11 is 0. The Bertz CT molecular complexity index is 691. The van der Waals surface area contributed by atoms with Crippen LogP contribution in [-0.2, 0) is 12.8 Å². The number of aromatic nitrogens is 2. The van der Waals surface area contributed by atoms with Crippen molar-refractivity contribution in [1.29, 1.82) is 5.41 Å². The van der Waals surface area contributed by atoms with Crippen LogP contribution in [0.3, 0.4) is 0 Å². The maximum atomic E-state index is 8.96. The summed E-state index contributed by atoms with van der Waals surface area (Å²) in [6.07, 6.45) is 4.27. The zero-order chi connectivity index (χ0) is 16.2. The number of benzene rings is 1. The van der Waals surface area contributed by atoms with Gasteiger partial charge in [-0.15, -0.1) is 0 Å². The van der Waals surface area contributed by atoms with Gasteiger partial charge in [-0.05, 0) is 36.8 Å². The van der Waals surface area contributed by atoms with E-state index in [9.17, 15) is 0 Å². The standard InChI is InChI=1S/C17H21N5O/c18-14(6-3-7-23)15-16(19)20-10-21-17(15)22-13-8-11-4-1-2-5-12(11)9-13/h1-2,4-5,10,13,18,23H,3,6-9H2,(H3,19,20,21,22). The Hall–Kier alpha value is -2.47. The van der Waals surface area contributed by atoms with Gasteiger partial charge >= 0.3 is 0 Å². The van der Waals surface area contributed by atoms with Gasteiger partial charge in [-0.1, -0.05) is 24.3 Å². The maximum Gasteiger partial charge on any atom is 0.140 e. The lowest BCUT2D eigenvalue weighted by Crippen LogP contribution is -2.23. The third-order valence-corrected chi connectivity index (χ3v) is 4.16. The number of aliphatic hydroxyl groups is 1. The molecule has 0 atom stereocenters. The molecule has 5 N–H and O–H groups in total. The van der Waals surface area contributed by atoms with Crippen LogP contribution in [-0.4, -0.2) is 33.4 Å². The minimum Gasteiger partial charge on any atom is -0.396 e. The topological polar surface area (TPSA) is 108 Å². The monoisotopic (exact) mass is 311 g/mol. The second-order valence-electron chi connectivity index (χ2n) is 5.81. The molecule has 0 aliphatic heterocycles. The van der Waals surface area contributed by atoms with Crippen LogP contribution >= 0.6 is 0 Å². The third-order valence-electron chi connectivity index (χ3n) is 4.16. The number of nitrogens with two attached hydrogens (primary N) is 1. The Kier molecular flexibility index (Phi) is 4.52. The van der Waals surface area contributed by atoms with Crippen LogP contribution in [0.5, 0.6) is 0 Å². The molecule has 1 aromatic heterocycles. The van der Waals surface area contributed by atoms with E-state index in [0.717, 1.165) is 12.8 Å². The highest BCUT2D eigenvalue weighted by molar-refractivity contribution is 6.05. The van der Waals surface area contributed by atoms with Crippen LogP contribution in [0.1, 0.15) is 29.5 Å². The number of rotatable bonds is 6. The Morgan fingerprint density at radius 3 is 2.61 bits per heavy atom. The van der Waals surface area contributed by atoms with Crippen molar-refractivity contribution in [1.82, 2.24) is 9.97 Å². The number of hydrogen-bond acceptors (Lipinski definition) is 6. The van der Waals surface area contributed by atoms with Gasteiger partial charge in [0.1, 0.15) is 18.0 Å². The summed E-state index contributed by atoms with van der Waals surface area (Å²) in [5.74, 6) is 0.916. The van der Waals surface area contributed by atoms with Gasteiger partial charge < -0.3 is 21.6 Å². The molecule has 0 radical (unpaired) electrons. The number of nitrogens with one attached hydrogen (secondary N) is 2. The zero-order valence-corrected chi connectivity index (χ0v) is 12.9. The highest BCUT2D eigenvalue weighted by Gasteiger charge is 2.23. The van der Waals surface area contributed by atoms with Gasteiger partial charge in [-0.3, -0.25) is 0 Å². The molecule has 6 nitrogen and oxygen atoms in total. The second-order valence-corrected chi connectivity index (χ2v) is 5.81. The molecule has 1 aliphatic rings. The summed E-state index contributed by atoms with van der Waals surface area (Å²) < 4.78 is 0. The van der Waals surface area contributed by atoms with Crippen LogP contribution in [0.2, 0.25) is 0 Å². The number of anilines is 2. The largest absolute Gasteiger partial charge is 0.396 e. The fourth-order valence-corrected chi connectivity index (χ4v) is 3.04. The Morgan fingerprint density at radius 2 is 1.96 bits per heavy atom. The molecule has 1 heterocycles. The summed E-state index contributed by atoms with van der Waals surface area (Å²) in [4.78, 5) is 8.30. The molecule has 0 saturated heterocycles. The molecule has 1 aliphatic carbocycles. The van der Waals surface area contributed by atoms with Gasteiger partial charge in [0.25, 0.3) is 0 Å². The van der Waals surface area contributed by atoms with E-state index in [2.05, 4.69) is 39.6 Å². The predicted octanol–water partition coefficient (Wildman–Crippen LogP) is 1.78. The first-order chi connectivity index (χ1) is 11.2. The molecule has 0 fully saturated rings. The van der Waals surface area contributed by atoms with Crippen molar-refractivity contribution in [2.75, 3.05) is 17.7 Å². The highest BCUT2D eigenvalue weighted by atomic mass is 16.2. The van der Waals surface area contributed by atoms with Crippen LogP contribution in [0.4, 0.5) is 11.6 Å². The van der Waals surface area contributed by atoms with Gasteiger partial charge in [-0.25, -0.2) is 9.97 Å². The first-order valence-electron chi connectivity index (χ1n) is 7.81. The van der Waals surface area contributed by atoms with Crippen molar-refractivity contribution in [3.05, 3.63) is 47.3 Å². The molecule has 120 valence electrons. The van der Waals surface area contributed by atoms with Crippen LogP contribution in [0.25, 0.3) is 0 Å². The van der Waals surface area contributed by atoms with Gasteiger partial charge in [-0.2, -0.15) is 0 Å². The summed E-state index contributed by atoms with van der Waals surface area (Å²) in [6, 6.07) is 8.65. The fourth-order valence-electron chi connectivity index (χ4n) is 3.04. The average Bonchev–Trinajstić information content (AvgIpc) is 2.95. The second kappa shape index (κ2) is 6.75. The fraction of sp³-hybridized carbons (Fsp3) is 0.353. The van der Waals surface area contributed by atoms with Gasteiger partial charge in [0.15, 0.2) is 0 Å². The molecule has 0 amide bonds. The van der Waals surface area contributed by atoms with E-state index in [0.29, 0.717) is 35.8 Å². The van der Waals surface area contributed by atoms with E-state index >= 15 is 0 Å². The third kappa shape index (κ3) is 3.32. The van der Waals surface area contributed by atoms with Crippen molar-refractivity contribution in [2.24, 2.45) is 0 Å². The number of aliphatic hydroxyl groups excluding tert-OH is 1. The minimum atomic E-state index is 0.0523. The van der Waals surface area contributed by atoms with E-state index in [1.54, 1.807) is 0 Å². The molecule has 0 unspecified atom stereocenters. The molecule has 2 aromatic rings. The molecule has 0 spiro atoms. The zero-order valence-electron chi connectivity index (χ0n) is 12.9. The van der Waals surface area contributed by atoms with Crippen molar-refractivity contribution >= 4 is 17.3 Å². The maximum absolute atomic E-state index is 8.96. The first-order valence-corrected chi connectivity index (χ1v) is 7.81. The van der Waals surface area contributed by atoms with Crippen molar-refractivity contribution in [3.63, 3.8) is 0 Å². The molecule has 0 bridgehead atoms. The van der Waals surface area contributed by atoms with Crippen LogP contribution in [0.15, 0.2) is 30.6 Å². The lowest BCUT2D eigenvalue weighted by molar-refractivity contribution is 0.291. The predicted molar refractivity (Wildman–Crippen MR) is 90.9 cm³/mol. The van der Waals surface area contributed by atoms with E-state index in [1.807, 2.05) is 0 Å². The number of nitrogen functional groups attached to an aromatic ring is 1. The average molecular weight is 311 g/mol. The number of nitrogens with zero attached hydrogens (tertiary/aromatic N) is 2. The molecule has 3 rings (SSSR count). The minimum absolute atomic E-state index is 0.0523. The van der Waals surface area contributed by atoms with E-state index in [4.69, 9.17) is 16.2 Å². The molecule has 1 aromatic carbocycles. The Morgan fingerprint density at radius 1 is 1.26 bits per heavy atom. The van der Waals surface area contributed by atoms with Gasteiger partial charge in [0, 0.05) is 18.4 Å². The molecular weight excluding hydrogens is 290 g/mol. The smallest absolute Gasteiger partial charge is 0.140 e. The number of fused-ring (bicyclic) bond motifs is 1. The molecule has 23 heavy (non-hydrogen) atoms. The quantitative estimate of drug-likeness (QED) is 0.608. The molecular formula is C17H21N5O. The normalized spacial score (nSPS) is 13.8. The van der Waals surface area contributed by atoms with Crippen molar-refractivity contribution in [2.45, 2.75) is 31.7 Å².